The predicted molar refractivity (Wildman–Crippen MR) is 106 cm³/mol. The molecular weight excluding hydrogens is 370 g/mol. The fourth-order valence-electron chi connectivity index (χ4n) is 4.45. The lowest BCUT2D eigenvalue weighted by atomic mass is 9.91. The molecule has 4 rings (SSSR count). The molecular formula is C19H28ClN3O2S. The SMILES string of the molecule is Cc1ccc(C(=O)NC2CCN(C(=O)C3CC34CCNCC4)CC2)s1.Cl. The highest BCUT2D eigenvalue weighted by Gasteiger charge is 2.58. The van der Waals surface area contributed by atoms with Crippen LogP contribution in [0.15, 0.2) is 12.1 Å². The molecule has 3 aliphatic rings. The van der Waals surface area contributed by atoms with Crippen molar-refractivity contribution in [2.75, 3.05) is 26.2 Å². The summed E-state index contributed by atoms with van der Waals surface area (Å²) in [6.07, 6.45) is 5.11. The second-order valence-electron chi connectivity index (χ2n) is 7.85. The molecule has 7 heteroatoms. The molecule has 1 aliphatic carbocycles. The summed E-state index contributed by atoms with van der Waals surface area (Å²) in [6.45, 7) is 5.68. The summed E-state index contributed by atoms with van der Waals surface area (Å²) in [5.74, 6) is 0.647. The van der Waals surface area contributed by atoms with Gasteiger partial charge in [-0.3, -0.25) is 9.59 Å². The van der Waals surface area contributed by atoms with Gasteiger partial charge in [0.25, 0.3) is 5.91 Å². The molecule has 2 amide bonds. The summed E-state index contributed by atoms with van der Waals surface area (Å²) in [4.78, 5) is 29.1. The van der Waals surface area contributed by atoms with E-state index < -0.39 is 0 Å². The molecule has 2 saturated heterocycles. The Balaban J connectivity index is 0.00000196. The van der Waals surface area contributed by atoms with Crippen LogP contribution >= 0.6 is 23.7 Å². The molecule has 2 aliphatic heterocycles. The van der Waals surface area contributed by atoms with Crippen LogP contribution in [0.25, 0.3) is 0 Å². The minimum absolute atomic E-state index is 0. The number of piperidine rings is 2. The van der Waals surface area contributed by atoms with Crippen LogP contribution in [0, 0.1) is 18.3 Å². The Hall–Kier alpha value is -1.11. The number of carbonyl (C=O) groups is 2. The molecule has 2 N–H and O–H groups in total. The number of carbonyl (C=O) groups excluding carboxylic acids is 2. The smallest absolute Gasteiger partial charge is 0.261 e. The number of rotatable bonds is 3. The number of hydrogen-bond donors (Lipinski definition) is 2. The van der Waals surface area contributed by atoms with Crippen molar-refractivity contribution in [3.63, 3.8) is 0 Å². The minimum atomic E-state index is 0. The number of hydrogen-bond acceptors (Lipinski definition) is 4. The number of nitrogens with zero attached hydrogens (tertiary/aromatic N) is 1. The van der Waals surface area contributed by atoms with Crippen molar-refractivity contribution in [2.45, 2.75) is 45.1 Å². The van der Waals surface area contributed by atoms with Gasteiger partial charge < -0.3 is 15.5 Å². The maximum atomic E-state index is 12.8. The number of thiophene rings is 1. The average Bonchev–Trinajstić information content (AvgIpc) is 3.11. The molecule has 1 spiro atoms. The van der Waals surface area contributed by atoms with Crippen molar-refractivity contribution < 1.29 is 9.59 Å². The Morgan fingerprint density at radius 1 is 1.23 bits per heavy atom. The minimum Gasteiger partial charge on any atom is -0.348 e. The van der Waals surface area contributed by atoms with Gasteiger partial charge in [0.05, 0.1) is 4.88 Å². The standard InChI is InChI=1S/C19H27N3O2S.ClH/c1-13-2-3-16(25-13)17(23)21-14-4-10-22(11-5-14)18(24)15-12-19(15)6-8-20-9-7-19;/h2-3,14-15,20H,4-12H2,1H3,(H,21,23);1H. The molecule has 0 aromatic carbocycles. The molecule has 0 bridgehead atoms. The summed E-state index contributed by atoms with van der Waals surface area (Å²) in [6, 6.07) is 4.05. The quantitative estimate of drug-likeness (QED) is 0.824. The molecule has 1 atom stereocenters. The second kappa shape index (κ2) is 7.87. The van der Waals surface area contributed by atoms with Gasteiger partial charge in [-0.1, -0.05) is 0 Å². The number of aryl methyl sites for hydroxylation is 1. The highest BCUT2D eigenvalue weighted by Crippen LogP contribution is 2.59. The van der Waals surface area contributed by atoms with Crippen LogP contribution in [0.3, 0.4) is 0 Å². The second-order valence-corrected chi connectivity index (χ2v) is 9.14. The topological polar surface area (TPSA) is 61.4 Å². The molecule has 0 radical (unpaired) electrons. The molecule has 26 heavy (non-hydrogen) atoms. The zero-order valence-corrected chi connectivity index (χ0v) is 16.9. The van der Waals surface area contributed by atoms with Crippen molar-refractivity contribution >= 4 is 35.6 Å². The van der Waals surface area contributed by atoms with Gasteiger partial charge in [-0.05, 0) is 69.7 Å². The van der Waals surface area contributed by atoms with Crippen LogP contribution in [0.5, 0.6) is 0 Å². The number of likely N-dealkylation sites (tertiary alicyclic amines) is 1. The van der Waals surface area contributed by atoms with Crippen LogP contribution in [0.4, 0.5) is 0 Å². The van der Waals surface area contributed by atoms with E-state index >= 15 is 0 Å². The number of amides is 2. The maximum Gasteiger partial charge on any atom is 0.261 e. The maximum absolute atomic E-state index is 12.8. The van der Waals surface area contributed by atoms with Crippen LogP contribution in [-0.4, -0.2) is 48.9 Å². The predicted octanol–water partition coefficient (Wildman–Crippen LogP) is 2.59. The monoisotopic (exact) mass is 397 g/mol. The molecule has 3 fully saturated rings. The zero-order valence-electron chi connectivity index (χ0n) is 15.3. The normalized spacial score (nSPS) is 24.8. The third-order valence-corrected chi connectivity index (χ3v) is 7.19. The summed E-state index contributed by atoms with van der Waals surface area (Å²) >= 11 is 1.53. The third-order valence-electron chi connectivity index (χ3n) is 6.19. The first-order valence-corrected chi connectivity index (χ1v) is 10.3. The molecule has 1 aromatic heterocycles. The molecule has 5 nitrogen and oxygen atoms in total. The van der Waals surface area contributed by atoms with Gasteiger partial charge >= 0.3 is 0 Å². The third kappa shape index (κ3) is 3.92. The largest absolute Gasteiger partial charge is 0.348 e. The van der Waals surface area contributed by atoms with Gasteiger partial charge in [0.1, 0.15) is 0 Å². The highest BCUT2D eigenvalue weighted by molar-refractivity contribution is 7.13. The van der Waals surface area contributed by atoms with Gasteiger partial charge in [0.2, 0.25) is 5.91 Å². The fourth-order valence-corrected chi connectivity index (χ4v) is 5.22. The van der Waals surface area contributed by atoms with Crippen molar-refractivity contribution in [3.05, 3.63) is 21.9 Å². The first-order valence-electron chi connectivity index (χ1n) is 9.44. The van der Waals surface area contributed by atoms with E-state index in [1.54, 1.807) is 0 Å². The van der Waals surface area contributed by atoms with Crippen LogP contribution in [0.2, 0.25) is 0 Å². The van der Waals surface area contributed by atoms with Crippen molar-refractivity contribution in [2.24, 2.45) is 11.3 Å². The van der Waals surface area contributed by atoms with Gasteiger partial charge in [-0.2, -0.15) is 0 Å². The molecule has 3 heterocycles. The van der Waals surface area contributed by atoms with Gasteiger partial charge in [-0.15, -0.1) is 23.7 Å². The molecule has 1 saturated carbocycles. The number of nitrogens with one attached hydrogen (secondary N) is 2. The summed E-state index contributed by atoms with van der Waals surface area (Å²) in [5.41, 5.74) is 0.310. The van der Waals surface area contributed by atoms with Gasteiger partial charge in [0.15, 0.2) is 0 Å². The van der Waals surface area contributed by atoms with E-state index in [-0.39, 0.29) is 30.3 Å². The van der Waals surface area contributed by atoms with E-state index in [2.05, 4.69) is 10.6 Å². The summed E-state index contributed by atoms with van der Waals surface area (Å²) in [7, 11) is 0. The van der Waals surface area contributed by atoms with Gasteiger partial charge in [-0.25, -0.2) is 0 Å². The fraction of sp³-hybridized carbons (Fsp3) is 0.684. The summed E-state index contributed by atoms with van der Waals surface area (Å²) in [5, 5.41) is 6.53. The lowest BCUT2D eigenvalue weighted by Gasteiger charge is -2.33. The first kappa shape index (κ1) is 19.6. The Kier molecular flexibility index (Phi) is 5.94. The van der Waals surface area contributed by atoms with Crippen molar-refractivity contribution in [1.29, 1.82) is 0 Å². The summed E-state index contributed by atoms with van der Waals surface area (Å²) < 4.78 is 0. The molecule has 1 unspecified atom stereocenters. The Morgan fingerprint density at radius 2 is 1.92 bits per heavy atom. The lowest BCUT2D eigenvalue weighted by Crippen LogP contribution is -2.47. The van der Waals surface area contributed by atoms with E-state index in [0.29, 0.717) is 11.3 Å². The van der Waals surface area contributed by atoms with Crippen molar-refractivity contribution in [1.82, 2.24) is 15.5 Å². The van der Waals surface area contributed by atoms with Crippen LogP contribution in [0.1, 0.15) is 46.7 Å². The highest BCUT2D eigenvalue weighted by atomic mass is 35.5. The molecule has 144 valence electrons. The number of halogens is 1. The van der Waals surface area contributed by atoms with Gasteiger partial charge in [0, 0.05) is 29.9 Å². The Labute approximate surface area is 165 Å². The first-order chi connectivity index (χ1) is 12.1. The van der Waals surface area contributed by atoms with Crippen LogP contribution < -0.4 is 10.6 Å². The molecule has 1 aromatic rings. The zero-order chi connectivity index (χ0) is 17.4. The van der Waals surface area contributed by atoms with Crippen molar-refractivity contribution in [3.8, 4) is 0 Å². The Morgan fingerprint density at radius 3 is 2.54 bits per heavy atom. The van der Waals surface area contributed by atoms with E-state index in [4.69, 9.17) is 0 Å². The van der Waals surface area contributed by atoms with E-state index in [9.17, 15) is 9.59 Å². The van der Waals surface area contributed by atoms with Crippen LogP contribution in [-0.2, 0) is 4.79 Å². The van der Waals surface area contributed by atoms with E-state index in [1.165, 1.54) is 11.3 Å². The van der Waals surface area contributed by atoms with E-state index in [1.807, 2.05) is 24.0 Å². The Bertz CT molecular complexity index is 663. The van der Waals surface area contributed by atoms with E-state index in [0.717, 1.165) is 68.0 Å². The lowest BCUT2D eigenvalue weighted by molar-refractivity contribution is -0.134. The average molecular weight is 398 g/mol.